The Morgan fingerprint density at radius 1 is 0.574 bits per heavy atom. The first-order valence-corrected chi connectivity index (χ1v) is 24.1. The second kappa shape index (κ2) is 22.4. The summed E-state index contributed by atoms with van der Waals surface area (Å²) in [5.41, 5.74) is 9.30. The Morgan fingerprint density at radius 3 is 1.64 bits per heavy atom. The lowest BCUT2D eigenvalue weighted by Crippen LogP contribution is -2.51. The maximum Gasteiger partial charge on any atom is 0.374 e. The average Bonchev–Trinajstić information content (AvgIpc) is 3.80. The lowest BCUT2D eigenvalue weighted by Gasteiger charge is -2.39. The van der Waals surface area contributed by atoms with Crippen LogP contribution in [0.1, 0.15) is 112 Å². The molecule has 0 saturated heterocycles. The van der Waals surface area contributed by atoms with Crippen LogP contribution in [-0.2, 0) is 6.54 Å². The van der Waals surface area contributed by atoms with Gasteiger partial charge in [-0.15, -0.1) is 0 Å². The molecule has 0 N–H and O–H groups in total. The molecule has 0 radical (unpaired) electrons. The summed E-state index contributed by atoms with van der Waals surface area (Å²) in [6, 6.07) is 34.9. The molecule has 5 aromatic rings. The summed E-state index contributed by atoms with van der Waals surface area (Å²) in [5, 5.41) is 0. The Morgan fingerprint density at radius 2 is 1.10 bits per heavy atom. The average molecular weight is 826 g/mol. The van der Waals surface area contributed by atoms with E-state index in [1.165, 1.54) is 128 Å². The predicted octanol–water partition coefficient (Wildman–Crippen LogP) is 13.5. The van der Waals surface area contributed by atoms with Gasteiger partial charge in [-0.1, -0.05) is 121 Å². The molecule has 61 heavy (non-hydrogen) atoms. The second-order valence-corrected chi connectivity index (χ2v) is 17.7. The number of anilines is 1. The first-order valence-electron chi connectivity index (χ1n) is 24.1. The monoisotopic (exact) mass is 826 g/mol. The van der Waals surface area contributed by atoms with Crippen LogP contribution in [0.3, 0.4) is 0 Å². The van der Waals surface area contributed by atoms with Crippen molar-refractivity contribution < 1.29 is 22.7 Å². The number of hydrogen-bond acceptors (Lipinski definition) is 3. The Labute approximate surface area is 369 Å². The van der Waals surface area contributed by atoms with Gasteiger partial charge in [-0.05, 0) is 91.0 Å². The van der Waals surface area contributed by atoms with Gasteiger partial charge in [0, 0.05) is 25.1 Å². The molecule has 0 aliphatic carbocycles. The van der Waals surface area contributed by atoms with Gasteiger partial charge in [0.25, 0.3) is 5.52 Å². The van der Waals surface area contributed by atoms with Crippen LogP contribution < -0.4 is 14.2 Å². The van der Waals surface area contributed by atoms with Crippen molar-refractivity contribution in [3.05, 3.63) is 120 Å². The van der Waals surface area contributed by atoms with Gasteiger partial charge in [-0.3, -0.25) is 0 Å². The van der Waals surface area contributed by atoms with Gasteiger partial charge in [-0.25, -0.2) is 0 Å². The predicted molar refractivity (Wildman–Crippen MR) is 258 cm³/mol. The molecule has 0 bridgehead atoms. The van der Waals surface area contributed by atoms with Crippen LogP contribution in [0.15, 0.2) is 119 Å². The number of fused-ring (bicyclic) bond motifs is 2. The highest BCUT2D eigenvalue weighted by Gasteiger charge is 2.31. The van der Waals surface area contributed by atoms with Gasteiger partial charge >= 0.3 is 5.89 Å². The van der Waals surface area contributed by atoms with Crippen molar-refractivity contribution in [3.63, 3.8) is 0 Å². The van der Waals surface area contributed by atoms with Crippen molar-refractivity contribution in [3.8, 4) is 28.0 Å². The molecule has 326 valence electrons. The zero-order chi connectivity index (χ0) is 43.1. The van der Waals surface area contributed by atoms with E-state index < -0.39 is 0 Å². The van der Waals surface area contributed by atoms with E-state index in [1.807, 2.05) is 0 Å². The van der Waals surface area contributed by atoms with Crippen molar-refractivity contribution in [2.75, 3.05) is 63.8 Å². The summed E-state index contributed by atoms with van der Waals surface area (Å²) >= 11 is 0. The smallest absolute Gasteiger partial charge is 0.374 e. The summed E-state index contributed by atoms with van der Waals surface area (Å²) < 4.78 is 18.5. The maximum atomic E-state index is 6.83. The van der Waals surface area contributed by atoms with Crippen LogP contribution in [0.25, 0.3) is 39.4 Å². The molecule has 6 rings (SSSR count). The van der Waals surface area contributed by atoms with Crippen LogP contribution in [0.5, 0.6) is 5.75 Å². The number of nitrogens with zero attached hydrogens (tertiary/aromatic N) is 4. The van der Waals surface area contributed by atoms with Gasteiger partial charge in [-0.2, -0.15) is 4.57 Å². The highest BCUT2D eigenvalue weighted by molar-refractivity contribution is 5.79. The highest BCUT2D eigenvalue weighted by Crippen LogP contribution is 2.42. The molecule has 1 aliphatic rings. The van der Waals surface area contributed by atoms with Crippen molar-refractivity contribution >= 4 is 22.9 Å². The molecule has 2 heterocycles. The summed E-state index contributed by atoms with van der Waals surface area (Å²) in [6.45, 7) is 28.0. The number of benzene rings is 4. The molecule has 4 aromatic carbocycles. The maximum absolute atomic E-state index is 6.83. The van der Waals surface area contributed by atoms with Crippen LogP contribution >= 0.6 is 0 Å². The van der Waals surface area contributed by atoms with Crippen molar-refractivity contribution in [2.45, 2.75) is 113 Å². The number of aromatic nitrogens is 1. The van der Waals surface area contributed by atoms with Crippen molar-refractivity contribution in [1.82, 2.24) is 0 Å². The fraction of sp³-hybridized carbons (Fsp3) is 0.473. The van der Waals surface area contributed by atoms with Gasteiger partial charge in [0.05, 0.1) is 70.5 Å². The third-order valence-corrected chi connectivity index (χ3v) is 12.9. The molecule has 1 aliphatic heterocycles. The third-order valence-electron chi connectivity index (χ3n) is 12.9. The minimum atomic E-state index is 0.853. The molecular weight excluding hydrogens is 749 g/mol. The topological polar surface area (TPSA) is 29.5 Å². The first kappa shape index (κ1) is 45.9. The van der Waals surface area contributed by atoms with Crippen LogP contribution in [0.2, 0.25) is 0 Å². The second-order valence-electron chi connectivity index (χ2n) is 17.7. The van der Waals surface area contributed by atoms with Gasteiger partial charge < -0.3 is 23.0 Å². The van der Waals surface area contributed by atoms with E-state index in [2.05, 4.69) is 167 Å². The molecule has 0 saturated carbocycles. The van der Waals surface area contributed by atoms with E-state index in [1.54, 1.807) is 0 Å². The standard InChI is InChI=1S/C55H77N4O2/c1-8-33-58(34-9-2,35-10-3)39-21-31-56-50-43-48(46-23-17-15-18-24-46)27-29-52(50)60-54(56)41-45(14-7)42-55-57(32-22-40-59(36-11-4,37-12-5)38-13-6)51-44-49(28-30-53(51)61-55)47-25-19-16-20-26-47/h15-20,23-30,41-44H,8-14,21-22,31-40H2,1-7H3/q+3. The normalized spacial score (nSPS) is 14.0. The SMILES string of the molecule is CCC[N+](CCC)(CCC)CCCN1C(=CC(=Cc2oc3ccc(-c4ccccc4)cc3[n+]2CCC[N+](CCC)(CCC)CCC)CC)Oc2ccc(-c3ccccc3)cc21. The van der Waals surface area contributed by atoms with E-state index in [9.17, 15) is 0 Å². The molecule has 6 heteroatoms. The third kappa shape index (κ3) is 11.4. The number of hydrogen-bond donors (Lipinski definition) is 0. The number of allylic oxidation sites excluding steroid dienone is 2. The Kier molecular flexibility index (Phi) is 16.9. The lowest BCUT2D eigenvalue weighted by molar-refractivity contribution is -0.930. The van der Waals surface area contributed by atoms with Gasteiger partial charge in [0.15, 0.2) is 12.3 Å². The summed E-state index contributed by atoms with van der Waals surface area (Å²) in [4.78, 5) is 2.45. The zero-order valence-electron chi connectivity index (χ0n) is 38.9. The number of aryl methyl sites for hydroxylation is 1. The highest BCUT2D eigenvalue weighted by atomic mass is 16.5. The molecule has 0 spiro atoms. The van der Waals surface area contributed by atoms with Crippen LogP contribution in [-0.4, -0.2) is 67.9 Å². The number of oxazole rings is 1. The van der Waals surface area contributed by atoms with E-state index >= 15 is 0 Å². The summed E-state index contributed by atoms with van der Waals surface area (Å²) in [7, 11) is 0. The fourth-order valence-corrected chi connectivity index (χ4v) is 10.4. The lowest BCUT2D eigenvalue weighted by atomic mass is 10.0. The summed E-state index contributed by atoms with van der Waals surface area (Å²) in [5.74, 6) is 2.74. The number of ether oxygens (including phenoxy) is 1. The van der Waals surface area contributed by atoms with Gasteiger partial charge in [0.1, 0.15) is 0 Å². The van der Waals surface area contributed by atoms with E-state index in [0.717, 1.165) is 66.7 Å². The van der Waals surface area contributed by atoms with Crippen molar-refractivity contribution in [1.29, 1.82) is 0 Å². The molecule has 6 nitrogen and oxygen atoms in total. The van der Waals surface area contributed by atoms with E-state index in [-0.39, 0.29) is 0 Å². The molecule has 0 fully saturated rings. The zero-order valence-corrected chi connectivity index (χ0v) is 38.9. The Hall–Kier alpha value is -4.65. The quantitative estimate of drug-likeness (QED) is 0.0434. The first-order chi connectivity index (χ1) is 29.8. The Bertz CT molecular complexity index is 2130. The minimum absolute atomic E-state index is 0.853. The van der Waals surface area contributed by atoms with E-state index in [4.69, 9.17) is 9.15 Å². The molecular formula is C55H77N4O2+3. The largest absolute Gasteiger partial charge is 0.439 e. The van der Waals surface area contributed by atoms with Crippen LogP contribution in [0.4, 0.5) is 5.69 Å². The molecule has 0 atom stereocenters. The number of rotatable bonds is 25. The van der Waals surface area contributed by atoms with Gasteiger partial charge in [0.2, 0.25) is 11.5 Å². The molecule has 0 amide bonds. The molecule has 0 unspecified atom stereocenters. The summed E-state index contributed by atoms with van der Waals surface area (Å²) in [6.07, 6.45) is 14.9. The molecule has 1 aromatic heterocycles. The Balaban J connectivity index is 1.38. The minimum Gasteiger partial charge on any atom is -0.439 e. The fourth-order valence-electron chi connectivity index (χ4n) is 10.4. The number of quaternary nitrogens is 2. The van der Waals surface area contributed by atoms with E-state index in [0.29, 0.717) is 0 Å². The van der Waals surface area contributed by atoms with Crippen LogP contribution in [0, 0.1) is 0 Å². The van der Waals surface area contributed by atoms with Crippen molar-refractivity contribution in [2.24, 2.45) is 0 Å².